The first-order valence-corrected chi connectivity index (χ1v) is 6.79. The van der Waals surface area contributed by atoms with Crippen LogP contribution in [0.25, 0.3) is 11.6 Å². The molecule has 1 aromatic heterocycles. The van der Waals surface area contributed by atoms with Gasteiger partial charge in [0.15, 0.2) is 0 Å². The van der Waals surface area contributed by atoms with E-state index < -0.39 is 0 Å². The number of benzene rings is 2. The highest BCUT2D eigenvalue weighted by Crippen LogP contribution is 2.27. The molecule has 0 aliphatic heterocycles. The smallest absolute Gasteiger partial charge is 0.115 e. The van der Waals surface area contributed by atoms with Gasteiger partial charge in [-0.15, -0.1) is 0 Å². The third kappa shape index (κ3) is 3.18. The van der Waals surface area contributed by atoms with E-state index >= 15 is 0 Å². The molecule has 2 aromatic carbocycles. The molecule has 0 saturated carbocycles. The zero-order valence-corrected chi connectivity index (χ0v) is 11.5. The quantitative estimate of drug-likeness (QED) is 0.768. The van der Waals surface area contributed by atoms with E-state index in [-0.39, 0.29) is 5.75 Å². The lowest BCUT2D eigenvalue weighted by Crippen LogP contribution is -1.88. The number of rotatable bonds is 3. The highest BCUT2D eigenvalue weighted by atomic mass is 16.3. The third-order valence-corrected chi connectivity index (χ3v) is 3.28. The topological polar surface area (TPSA) is 33.1 Å². The van der Waals surface area contributed by atoms with Crippen LogP contribution in [0, 0.1) is 0 Å². The Morgan fingerprint density at radius 3 is 2.05 bits per heavy atom. The number of aromatic nitrogens is 1. The number of hydrogen-bond donors (Lipinski definition) is 1. The van der Waals surface area contributed by atoms with Gasteiger partial charge in [0.2, 0.25) is 0 Å². The molecule has 21 heavy (non-hydrogen) atoms. The second-order valence-corrected chi connectivity index (χ2v) is 4.75. The maximum atomic E-state index is 9.47. The SMILES string of the molecule is Oc1ccc(/C(=C/c2ccncc2)c2ccccc2)cc1. The molecule has 0 fully saturated rings. The van der Waals surface area contributed by atoms with Crippen molar-refractivity contribution in [2.45, 2.75) is 0 Å². The van der Waals surface area contributed by atoms with Gasteiger partial charge in [0.05, 0.1) is 0 Å². The molecular formula is C19H15NO. The van der Waals surface area contributed by atoms with Gasteiger partial charge in [-0.25, -0.2) is 0 Å². The van der Waals surface area contributed by atoms with Gasteiger partial charge in [0.1, 0.15) is 5.75 Å². The Balaban J connectivity index is 2.12. The van der Waals surface area contributed by atoms with Crippen LogP contribution in [0.2, 0.25) is 0 Å². The van der Waals surface area contributed by atoms with Crippen molar-refractivity contribution in [2.75, 3.05) is 0 Å². The molecule has 0 aliphatic rings. The Morgan fingerprint density at radius 1 is 0.762 bits per heavy atom. The van der Waals surface area contributed by atoms with E-state index in [1.54, 1.807) is 24.5 Å². The normalized spacial score (nSPS) is 11.3. The van der Waals surface area contributed by atoms with Gasteiger partial charge >= 0.3 is 0 Å². The van der Waals surface area contributed by atoms with Crippen molar-refractivity contribution in [3.63, 3.8) is 0 Å². The maximum absolute atomic E-state index is 9.47. The number of nitrogens with zero attached hydrogens (tertiary/aromatic N) is 1. The van der Waals surface area contributed by atoms with E-state index in [0.717, 1.165) is 22.3 Å². The van der Waals surface area contributed by atoms with Crippen molar-refractivity contribution in [1.82, 2.24) is 4.98 Å². The maximum Gasteiger partial charge on any atom is 0.115 e. The molecule has 0 radical (unpaired) electrons. The van der Waals surface area contributed by atoms with Gasteiger partial charge < -0.3 is 5.11 Å². The summed E-state index contributed by atoms with van der Waals surface area (Å²) in [6.45, 7) is 0. The average Bonchev–Trinajstić information content (AvgIpc) is 2.55. The molecule has 0 unspecified atom stereocenters. The molecule has 0 atom stereocenters. The van der Waals surface area contributed by atoms with Crippen LogP contribution >= 0.6 is 0 Å². The standard InChI is InChI=1S/C19H15NO/c21-18-8-6-17(7-9-18)19(16-4-2-1-3-5-16)14-15-10-12-20-13-11-15/h1-14,21H/b19-14+. The van der Waals surface area contributed by atoms with Crippen molar-refractivity contribution >= 4 is 11.6 Å². The first-order chi connectivity index (χ1) is 10.3. The minimum absolute atomic E-state index is 0.273. The zero-order chi connectivity index (χ0) is 14.5. The van der Waals surface area contributed by atoms with E-state index in [2.05, 4.69) is 23.2 Å². The van der Waals surface area contributed by atoms with Crippen LogP contribution in [-0.4, -0.2) is 10.1 Å². The van der Waals surface area contributed by atoms with Crippen LogP contribution in [0.5, 0.6) is 5.75 Å². The molecule has 1 heterocycles. The second-order valence-electron chi connectivity index (χ2n) is 4.75. The van der Waals surface area contributed by atoms with E-state index in [0.29, 0.717) is 0 Å². The highest BCUT2D eigenvalue weighted by molar-refractivity contribution is 5.91. The molecule has 1 N–H and O–H groups in total. The number of aromatic hydroxyl groups is 1. The van der Waals surface area contributed by atoms with Gasteiger partial charge in [0.25, 0.3) is 0 Å². The molecule has 102 valence electrons. The molecule has 0 aliphatic carbocycles. The fourth-order valence-corrected chi connectivity index (χ4v) is 2.22. The van der Waals surface area contributed by atoms with Crippen molar-refractivity contribution in [3.8, 4) is 5.75 Å². The summed E-state index contributed by atoms with van der Waals surface area (Å²) < 4.78 is 0. The van der Waals surface area contributed by atoms with Crippen molar-refractivity contribution in [3.05, 3.63) is 95.8 Å². The summed E-state index contributed by atoms with van der Waals surface area (Å²) >= 11 is 0. The van der Waals surface area contributed by atoms with Gasteiger partial charge in [0, 0.05) is 12.4 Å². The van der Waals surface area contributed by atoms with Gasteiger partial charge in [-0.05, 0) is 52.6 Å². The van der Waals surface area contributed by atoms with E-state index in [1.807, 2.05) is 42.5 Å². The summed E-state index contributed by atoms with van der Waals surface area (Å²) in [5, 5.41) is 9.47. The van der Waals surface area contributed by atoms with Crippen molar-refractivity contribution in [2.24, 2.45) is 0 Å². The molecule has 0 spiro atoms. The van der Waals surface area contributed by atoms with Crippen LogP contribution in [0.4, 0.5) is 0 Å². The second kappa shape index (κ2) is 6.06. The molecule has 0 saturated heterocycles. The Kier molecular flexibility index (Phi) is 3.79. The fraction of sp³-hybridized carbons (Fsp3) is 0. The summed E-state index contributed by atoms with van der Waals surface area (Å²) in [6.07, 6.45) is 5.69. The van der Waals surface area contributed by atoms with Crippen LogP contribution in [0.3, 0.4) is 0 Å². The van der Waals surface area contributed by atoms with E-state index in [1.165, 1.54) is 0 Å². The number of phenols is 1. The van der Waals surface area contributed by atoms with Crippen LogP contribution in [-0.2, 0) is 0 Å². The average molecular weight is 273 g/mol. The summed E-state index contributed by atoms with van der Waals surface area (Å²) in [7, 11) is 0. The molecule has 0 bridgehead atoms. The predicted molar refractivity (Wildman–Crippen MR) is 85.8 cm³/mol. The van der Waals surface area contributed by atoms with Crippen LogP contribution < -0.4 is 0 Å². The zero-order valence-electron chi connectivity index (χ0n) is 11.5. The van der Waals surface area contributed by atoms with Gasteiger partial charge in [-0.2, -0.15) is 0 Å². The first kappa shape index (κ1) is 13.1. The van der Waals surface area contributed by atoms with Crippen LogP contribution in [0.15, 0.2) is 79.1 Å². The Morgan fingerprint density at radius 2 is 1.38 bits per heavy atom. The molecule has 2 heteroatoms. The lowest BCUT2D eigenvalue weighted by Gasteiger charge is -2.09. The Hall–Kier alpha value is -2.87. The Labute approximate surface area is 124 Å². The predicted octanol–water partition coefficient (Wildman–Crippen LogP) is 4.38. The van der Waals surface area contributed by atoms with Gasteiger partial charge in [-0.3, -0.25) is 4.98 Å². The van der Waals surface area contributed by atoms with Crippen molar-refractivity contribution in [1.29, 1.82) is 0 Å². The summed E-state index contributed by atoms with van der Waals surface area (Å²) in [6, 6.07) is 21.4. The monoisotopic (exact) mass is 273 g/mol. The van der Waals surface area contributed by atoms with Crippen LogP contribution in [0.1, 0.15) is 16.7 Å². The summed E-state index contributed by atoms with van der Waals surface area (Å²) in [5.41, 5.74) is 4.41. The minimum Gasteiger partial charge on any atom is -0.508 e. The summed E-state index contributed by atoms with van der Waals surface area (Å²) in [5.74, 6) is 0.273. The lowest BCUT2D eigenvalue weighted by molar-refractivity contribution is 0.475. The fourth-order valence-electron chi connectivity index (χ4n) is 2.22. The highest BCUT2D eigenvalue weighted by Gasteiger charge is 2.05. The summed E-state index contributed by atoms with van der Waals surface area (Å²) in [4.78, 5) is 4.05. The lowest BCUT2D eigenvalue weighted by atomic mass is 9.96. The molecule has 0 amide bonds. The third-order valence-electron chi connectivity index (χ3n) is 3.28. The molecule has 3 aromatic rings. The largest absolute Gasteiger partial charge is 0.508 e. The minimum atomic E-state index is 0.273. The number of phenolic OH excluding ortho intramolecular Hbond substituents is 1. The first-order valence-electron chi connectivity index (χ1n) is 6.79. The van der Waals surface area contributed by atoms with E-state index in [9.17, 15) is 5.11 Å². The van der Waals surface area contributed by atoms with E-state index in [4.69, 9.17) is 0 Å². The molecular weight excluding hydrogens is 258 g/mol. The van der Waals surface area contributed by atoms with Gasteiger partial charge in [-0.1, -0.05) is 42.5 Å². The van der Waals surface area contributed by atoms with Crippen molar-refractivity contribution < 1.29 is 5.11 Å². The number of pyridine rings is 1. The molecule has 3 rings (SSSR count). The molecule has 2 nitrogen and oxygen atoms in total. The Bertz CT molecular complexity index is 732. The number of hydrogen-bond acceptors (Lipinski definition) is 2.